The molecule has 28 heavy (non-hydrogen) atoms. The van der Waals surface area contributed by atoms with Crippen LogP contribution in [-0.4, -0.2) is 22.0 Å². The van der Waals surface area contributed by atoms with Gasteiger partial charge in [0.15, 0.2) is 10.3 Å². The molecule has 2 aliphatic rings. The van der Waals surface area contributed by atoms with Crippen molar-refractivity contribution in [2.75, 3.05) is 4.90 Å². The molecular formula is C19H11N3O4S2. The van der Waals surface area contributed by atoms with E-state index in [0.717, 1.165) is 22.9 Å². The molecule has 5 rings (SSSR count). The number of esters is 1. The number of nitrogens with one attached hydrogen (secondary N) is 1. The Hall–Kier alpha value is -3.17. The maximum Gasteiger partial charge on any atom is 0.338 e. The molecule has 1 fully saturated rings. The molecule has 0 saturated carbocycles. The fourth-order valence-corrected chi connectivity index (χ4v) is 4.51. The summed E-state index contributed by atoms with van der Waals surface area (Å²) in [4.78, 5) is 30.0. The van der Waals surface area contributed by atoms with Gasteiger partial charge in [-0.05, 0) is 36.0 Å². The van der Waals surface area contributed by atoms with E-state index >= 15 is 0 Å². The van der Waals surface area contributed by atoms with Crippen LogP contribution in [0.25, 0.3) is 17.4 Å². The number of anilines is 1. The molecular weight excluding hydrogens is 398 g/mol. The molecule has 1 saturated heterocycles. The van der Waals surface area contributed by atoms with E-state index in [2.05, 4.69) is 4.98 Å². The van der Waals surface area contributed by atoms with Crippen LogP contribution in [0.5, 0.6) is 0 Å². The summed E-state index contributed by atoms with van der Waals surface area (Å²) in [5.41, 5.74) is 2.23. The van der Waals surface area contributed by atoms with Gasteiger partial charge in [0.25, 0.3) is 5.91 Å². The number of carbonyl (C=O) groups is 2. The summed E-state index contributed by atoms with van der Waals surface area (Å²) in [5, 5.41) is 10.4. The van der Waals surface area contributed by atoms with Crippen LogP contribution in [-0.2, 0) is 16.1 Å². The quantitative estimate of drug-likeness (QED) is 0.516. The first-order valence-electron chi connectivity index (χ1n) is 8.22. The summed E-state index contributed by atoms with van der Waals surface area (Å²) in [6, 6.07) is 8.96. The number of cyclic esters (lactones) is 1. The van der Waals surface area contributed by atoms with Crippen LogP contribution in [0.15, 0.2) is 51.2 Å². The van der Waals surface area contributed by atoms with Crippen molar-refractivity contribution < 1.29 is 18.7 Å². The molecule has 2 aromatic heterocycles. The van der Waals surface area contributed by atoms with Crippen molar-refractivity contribution in [3.63, 3.8) is 0 Å². The smallest absolute Gasteiger partial charge is 0.338 e. The average molecular weight is 409 g/mol. The highest BCUT2D eigenvalue weighted by atomic mass is 32.2. The topological polar surface area (TPSA) is 96.5 Å². The molecule has 138 valence electrons. The largest absolute Gasteiger partial charge is 0.457 e. The Bertz CT molecular complexity index is 1160. The maximum absolute atomic E-state index is 12.6. The second-order valence-corrected chi connectivity index (χ2v) is 7.92. The molecule has 9 heteroatoms. The number of benzene rings is 1. The number of aromatic nitrogens is 1. The number of thioether (sulfide) groups is 1. The number of thiazole rings is 1. The fraction of sp³-hybridized carbons (Fsp3) is 0.0526. The molecule has 0 bridgehead atoms. The molecule has 7 nitrogen and oxygen atoms in total. The number of furan rings is 1. The van der Waals surface area contributed by atoms with Gasteiger partial charge in [0.2, 0.25) is 0 Å². The highest BCUT2D eigenvalue weighted by Gasteiger charge is 2.35. The van der Waals surface area contributed by atoms with E-state index in [1.165, 1.54) is 16.2 Å². The van der Waals surface area contributed by atoms with Crippen molar-refractivity contribution in [1.29, 1.82) is 5.41 Å². The van der Waals surface area contributed by atoms with Crippen LogP contribution in [0, 0.1) is 5.41 Å². The van der Waals surface area contributed by atoms with Gasteiger partial charge in [-0.15, -0.1) is 11.3 Å². The second-order valence-electron chi connectivity index (χ2n) is 6.02. The summed E-state index contributed by atoms with van der Waals surface area (Å²) >= 11 is 2.37. The number of nitrogens with zero attached hydrogens (tertiary/aromatic N) is 2. The van der Waals surface area contributed by atoms with Crippen LogP contribution in [0.3, 0.4) is 0 Å². The monoisotopic (exact) mass is 409 g/mol. The lowest BCUT2D eigenvalue weighted by Gasteiger charge is -2.08. The summed E-state index contributed by atoms with van der Waals surface area (Å²) in [6.45, 7) is 0.263. The van der Waals surface area contributed by atoms with E-state index < -0.39 is 0 Å². The number of hydrogen-bond acceptors (Lipinski definition) is 8. The standard InChI is InChI=1S/C19H11N3O4S2/c20-18-22(19-21-5-6-27-19)16(23)15(28-18)8-12-2-4-14(26-12)10-1-3-13-11(7-10)9-25-17(13)24/h1-8,20H,9H2. The number of amides is 1. The van der Waals surface area contributed by atoms with Gasteiger partial charge in [0, 0.05) is 28.8 Å². The molecule has 3 aromatic rings. The van der Waals surface area contributed by atoms with E-state index in [1.54, 1.807) is 41.9 Å². The van der Waals surface area contributed by atoms with Gasteiger partial charge in [0.1, 0.15) is 18.1 Å². The molecule has 0 spiro atoms. The lowest BCUT2D eigenvalue weighted by molar-refractivity contribution is -0.113. The molecule has 4 heterocycles. The van der Waals surface area contributed by atoms with E-state index in [1.807, 2.05) is 6.07 Å². The normalized spacial score (nSPS) is 17.5. The first-order valence-corrected chi connectivity index (χ1v) is 9.92. The Morgan fingerprint density at radius 1 is 1.21 bits per heavy atom. The minimum Gasteiger partial charge on any atom is -0.457 e. The number of carbonyl (C=O) groups excluding carboxylic acids is 2. The lowest BCUT2D eigenvalue weighted by Crippen LogP contribution is -2.27. The maximum atomic E-state index is 12.6. The van der Waals surface area contributed by atoms with Crippen LogP contribution in [0.4, 0.5) is 5.13 Å². The number of amidine groups is 1. The van der Waals surface area contributed by atoms with Gasteiger partial charge in [-0.2, -0.15) is 0 Å². The highest BCUT2D eigenvalue weighted by molar-refractivity contribution is 8.19. The van der Waals surface area contributed by atoms with Crippen molar-refractivity contribution in [3.05, 3.63) is 63.7 Å². The Morgan fingerprint density at radius 2 is 2.11 bits per heavy atom. The predicted octanol–water partition coefficient (Wildman–Crippen LogP) is 4.13. The lowest BCUT2D eigenvalue weighted by atomic mass is 10.0. The molecule has 1 N–H and O–H groups in total. The van der Waals surface area contributed by atoms with Crippen molar-refractivity contribution >= 4 is 51.4 Å². The summed E-state index contributed by atoms with van der Waals surface area (Å²) < 4.78 is 10.9. The van der Waals surface area contributed by atoms with Crippen molar-refractivity contribution in [2.45, 2.75) is 6.61 Å². The number of ether oxygens (including phenoxy) is 1. The first kappa shape index (κ1) is 17.0. The van der Waals surface area contributed by atoms with Gasteiger partial charge in [-0.25, -0.2) is 14.7 Å². The van der Waals surface area contributed by atoms with Gasteiger partial charge in [0.05, 0.1) is 10.5 Å². The number of fused-ring (bicyclic) bond motifs is 1. The third-order valence-electron chi connectivity index (χ3n) is 4.30. The SMILES string of the molecule is N=C1SC(=Cc2ccc(-c3ccc4c(c3)COC4=O)o2)C(=O)N1c1nccs1. The number of rotatable bonds is 3. The van der Waals surface area contributed by atoms with E-state index in [9.17, 15) is 9.59 Å². The Labute approximate surface area is 167 Å². The molecule has 2 aliphatic heterocycles. The average Bonchev–Trinajstić information content (AvgIpc) is 3.46. The zero-order valence-electron chi connectivity index (χ0n) is 14.2. The van der Waals surface area contributed by atoms with Crippen molar-refractivity contribution in [1.82, 2.24) is 4.98 Å². The third kappa shape index (κ3) is 2.76. The number of hydrogen-bond donors (Lipinski definition) is 1. The zero-order chi connectivity index (χ0) is 19.3. The highest BCUT2D eigenvalue weighted by Crippen LogP contribution is 2.36. The summed E-state index contributed by atoms with van der Waals surface area (Å²) in [5.74, 6) is 0.523. The van der Waals surface area contributed by atoms with Gasteiger partial charge in [-0.1, -0.05) is 6.07 Å². The molecule has 0 radical (unpaired) electrons. The predicted molar refractivity (Wildman–Crippen MR) is 106 cm³/mol. The van der Waals surface area contributed by atoms with Gasteiger partial charge in [-0.3, -0.25) is 10.2 Å². The van der Waals surface area contributed by atoms with E-state index in [-0.39, 0.29) is 23.7 Å². The summed E-state index contributed by atoms with van der Waals surface area (Å²) in [6.07, 6.45) is 3.22. The van der Waals surface area contributed by atoms with Gasteiger partial charge < -0.3 is 9.15 Å². The summed E-state index contributed by atoms with van der Waals surface area (Å²) in [7, 11) is 0. The van der Waals surface area contributed by atoms with Gasteiger partial charge >= 0.3 is 5.97 Å². The minimum atomic E-state index is -0.310. The Balaban J connectivity index is 1.42. The van der Waals surface area contributed by atoms with Crippen LogP contribution in [0.1, 0.15) is 21.7 Å². The Morgan fingerprint density at radius 3 is 2.93 bits per heavy atom. The molecule has 1 amide bonds. The minimum absolute atomic E-state index is 0.112. The first-order chi connectivity index (χ1) is 13.6. The second kappa shape index (κ2) is 6.47. The zero-order valence-corrected chi connectivity index (χ0v) is 15.8. The fourth-order valence-electron chi connectivity index (χ4n) is 2.99. The molecule has 0 aliphatic carbocycles. The molecule has 0 atom stereocenters. The van der Waals surface area contributed by atoms with E-state index in [0.29, 0.717) is 27.1 Å². The van der Waals surface area contributed by atoms with Crippen LogP contribution < -0.4 is 4.90 Å². The Kier molecular flexibility index (Phi) is 3.92. The van der Waals surface area contributed by atoms with Crippen LogP contribution >= 0.6 is 23.1 Å². The van der Waals surface area contributed by atoms with Crippen molar-refractivity contribution in [2.24, 2.45) is 0 Å². The van der Waals surface area contributed by atoms with E-state index in [4.69, 9.17) is 14.6 Å². The van der Waals surface area contributed by atoms with Crippen LogP contribution in [0.2, 0.25) is 0 Å². The molecule has 0 unspecified atom stereocenters. The molecule has 1 aromatic carbocycles. The van der Waals surface area contributed by atoms with Crippen molar-refractivity contribution in [3.8, 4) is 11.3 Å². The third-order valence-corrected chi connectivity index (χ3v) is 5.95.